The van der Waals surface area contributed by atoms with Crippen LogP contribution in [0.25, 0.3) is 11.1 Å². The molecule has 0 saturated heterocycles. The third-order valence-electron chi connectivity index (χ3n) is 6.30. The molecule has 1 amide bonds. The van der Waals surface area contributed by atoms with Crippen LogP contribution in [0.4, 0.5) is 0 Å². The molecule has 1 N–H and O–H groups in total. The molecule has 0 fully saturated rings. The van der Waals surface area contributed by atoms with E-state index >= 15 is 0 Å². The first-order chi connectivity index (χ1) is 16.5. The van der Waals surface area contributed by atoms with Crippen molar-refractivity contribution in [3.8, 4) is 17.0 Å². The molecule has 0 saturated carbocycles. The lowest BCUT2D eigenvalue weighted by Gasteiger charge is -2.37. The standard InChI is InChI=1S/C27H32N4O3/c1-19-15-31(20(2)18-32)27(33)24-12-23(22-9-5-4-6-10-22)14-29-26(24)34-25(19)17-30(3)16-21-8-7-11-28-13-21/h4-14,19-20,25,32H,15-18H2,1-3H3/t19-,20-,25-/m1/s1. The number of hydrogen-bond acceptors (Lipinski definition) is 6. The number of amides is 1. The largest absolute Gasteiger partial charge is 0.472 e. The Balaban J connectivity index is 1.65. The van der Waals surface area contributed by atoms with Crippen molar-refractivity contribution < 1.29 is 14.6 Å². The highest BCUT2D eigenvalue weighted by Crippen LogP contribution is 2.30. The monoisotopic (exact) mass is 460 g/mol. The third-order valence-corrected chi connectivity index (χ3v) is 6.30. The van der Waals surface area contributed by atoms with Crippen LogP contribution in [0.1, 0.15) is 29.8 Å². The van der Waals surface area contributed by atoms with Crippen molar-refractivity contribution in [1.29, 1.82) is 0 Å². The Bertz CT molecular complexity index is 1090. The van der Waals surface area contributed by atoms with E-state index in [-0.39, 0.29) is 30.6 Å². The second kappa shape index (κ2) is 10.8. The molecular formula is C27H32N4O3. The molecule has 1 aliphatic heterocycles. The Morgan fingerprint density at radius 2 is 1.97 bits per heavy atom. The van der Waals surface area contributed by atoms with Crippen molar-refractivity contribution in [3.05, 3.63) is 78.2 Å². The van der Waals surface area contributed by atoms with Crippen molar-refractivity contribution in [2.75, 3.05) is 26.7 Å². The first kappa shape index (κ1) is 23.9. The summed E-state index contributed by atoms with van der Waals surface area (Å²) in [5.41, 5.74) is 3.39. The SMILES string of the molecule is C[C@@H]1CN([C@H](C)CO)C(=O)c2cc(-c3ccccc3)cnc2O[C@@H]1CN(C)Cc1cccnc1. The molecule has 0 bridgehead atoms. The zero-order chi connectivity index (χ0) is 24.1. The van der Waals surface area contributed by atoms with E-state index in [4.69, 9.17) is 4.74 Å². The number of nitrogens with zero attached hydrogens (tertiary/aromatic N) is 4. The van der Waals surface area contributed by atoms with Crippen LogP contribution in [0.15, 0.2) is 67.1 Å². The van der Waals surface area contributed by atoms with Crippen LogP contribution < -0.4 is 4.74 Å². The normalized spacial score (nSPS) is 19.2. The Labute approximate surface area is 201 Å². The number of benzene rings is 1. The van der Waals surface area contributed by atoms with E-state index < -0.39 is 0 Å². The van der Waals surface area contributed by atoms with Gasteiger partial charge in [-0.05, 0) is 37.2 Å². The van der Waals surface area contributed by atoms with Crippen LogP contribution in [0.3, 0.4) is 0 Å². The Morgan fingerprint density at radius 1 is 1.18 bits per heavy atom. The van der Waals surface area contributed by atoms with Crippen molar-refractivity contribution in [1.82, 2.24) is 19.8 Å². The molecule has 0 unspecified atom stereocenters. The van der Waals surface area contributed by atoms with E-state index in [2.05, 4.69) is 27.9 Å². The average molecular weight is 461 g/mol. The number of rotatable bonds is 7. The predicted molar refractivity (Wildman–Crippen MR) is 131 cm³/mol. The molecule has 0 aliphatic carbocycles. The Morgan fingerprint density at radius 3 is 2.68 bits per heavy atom. The summed E-state index contributed by atoms with van der Waals surface area (Å²) >= 11 is 0. The number of ether oxygens (including phenoxy) is 1. The van der Waals surface area contributed by atoms with Crippen LogP contribution in [0, 0.1) is 5.92 Å². The maximum atomic E-state index is 13.6. The van der Waals surface area contributed by atoms with Crippen molar-refractivity contribution in [3.63, 3.8) is 0 Å². The van der Waals surface area contributed by atoms with E-state index in [1.54, 1.807) is 17.3 Å². The Hall–Kier alpha value is -3.29. The second-order valence-electron chi connectivity index (χ2n) is 9.12. The number of likely N-dealkylation sites (N-methyl/N-ethyl adjacent to an activating group) is 1. The molecule has 4 rings (SSSR count). The van der Waals surface area contributed by atoms with Gasteiger partial charge < -0.3 is 14.7 Å². The number of fused-ring (bicyclic) bond motifs is 1. The fourth-order valence-corrected chi connectivity index (χ4v) is 4.28. The van der Waals surface area contributed by atoms with Crippen molar-refractivity contribution >= 4 is 5.91 Å². The van der Waals surface area contributed by atoms with Gasteiger partial charge in [-0.2, -0.15) is 0 Å². The first-order valence-electron chi connectivity index (χ1n) is 11.7. The quantitative estimate of drug-likeness (QED) is 0.582. The lowest BCUT2D eigenvalue weighted by Crippen LogP contribution is -2.49. The van der Waals surface area contributed by atoms with Gasteiger partial charge in [0.25, 0.3) is 5.91 Å². The number of aromatic nitrogens is 2. The van der Waals surface area contributed by atoms with Gasteiger partial charge in [0.1, 0.15) is 11.7 Å². The number of aliphatic hydroxyl groups is 1. The number of carbonyl (C=O) groups is 1. The maximum Gasteiger partial charge on any atom is 0.259 e. The topological polar surface area (TPSA) is 78.8 Å². The fraction of sp³-hybridized carbons (Fsp3) is 0.370. The van der Waals surface area contributed by atoms with E-state index in [9.17, 15) is 9.90 Å². The van der Waals surface area contributed by atoms with Gasteiger partial charge in [-0.25, -0.2) is 4.98 Å². The van der Waals surface area contributed by atoms with Crippen LogP contribution in [-0.2, 0) is 6.54 Å². The maximum absolute atomic E-state index is 13.6. The summed E-state index contributed by atoms with van der Waals surface area (Å²) in [7, 11) is 2.05. The number of carbonyl (C=O) groups excluding carboxylic acids is 1. The molecule has 3 aromatic rings. The molecule has 1 aliphatic rings. The highest BCUT2D eigenvalue weighted by atomic mass is 16.5. The summed E-state index contributed by atoms with van der Waals surface area (Å²) < 4.78 is 6.40. The molecule has 34 heavy (non-hydrogen) atoms. The Kier molecular flexibility index (Phi) is 7.55. The van der Waals surface area contributed by atoms with Crippen LogP contribution in [0.5, 0.6) is 5.88 Å². The van der Waals surface area contributed by atoms with Gasteiger partial charge in [-0.3, -0.25) is 14.7 Å². The van der Waals surface area contributed by atoms with Gasteiger partial charge in [0, 0.05) is 49.7 Å². The molecule has 0 radical (unpaired) electrons. The molecule has 2 aromatic heterocycles. The lowest BCUT2D eigenvalue weighted by atomic mass is 9.99. The third kappa shape index (κ3) is 5.43. The second-order valence-corrected chi connectivity index (χ2v) is 9.12. The number of pyridine rings is 2. The smallest absolute Gasteiger partial charge is 0.259 e. The minimum Gasteiger partial charge on any atom is -0.472 e. The molecule has 7 heteroatoms. The van der Waals surface area contributed by atoms with Crippen LogP contribution in [-0.4, -0.2) is 69.7 Å². The number of hydrogen-bond donors (Lipinski definition) is 1. The van der Waals surface area contributed by atoms with Crippen molar-refractivity contribution in [2.45, 2.75) is 32.5 Å². The summed E-state index contributed by atoms with van der Waals surface area (Å²) in [4.78, 5) is 26.3. The van der Waals surface area contributed by atoms with Gasteiger partial charge in [0.2, 0.25) is 5.88 Å². The van der Waals surface area contributed by atoms with Gasteiger partial charge in [-0.1, -0.05) is 43.3 Å². The van der Waals surface area contributed by atoms with E-state index in [0.29, 0.717) is 24.5 Å². The summed E-state index contributed by atoms with van der Waals surface area (Å²) in [6.07, 6.45) is 5.20. The molecule has 0 spiro atoms. The van der Waals surface area contributed by atoms with Crippen LogP contribution in [0.2, 0.25) is 0 Å². The minimum absolute atomic E-state index is 0.0399. The lowest BCUT2D eigenvalue weighted by molar-refractivity contribution is 0.0325. The summed E-state index contributed by atoms with van der Waals surface area (Å²) in [6.45, 7) is 5.73. The average Bonchev–Trinajstić information content (AvgIpc) is 2.86. The van der Waals surface area contributed by atoms with Gasteiger partial charge in [-0.15, -0.1) is 0 Å². The summed E-state index contributed by atoms with van der Waals surface area (Å²) in [5.74, 6) is 0.208. The van der Waals surface area contributed by atoms with E-state index in [1.165, 1.54) is 0 Å². The first-order valence-corrected chi connectivity index (χ1v) is 11.7. The summed E-state index contributed by atoms with van der Waals surface area (Å²) in [5, 5.41) is 9.85. The fourth-order valence-electron chi connectivity index (χ4n) is 4.28. The molecular weight excluding hydrogens is 428 g/mol. The molecule has 3 heterocycles. The molecule has 1 aromatic carbocycles. The van der Waals surface area contributed by atoms with Gasteiger partial charge >= 0.3 is 0 Å². The summed E-state index contributed by atoms with van der Waals surface area (Å²) in [6, 6.07) is 15.4. The van der Waals surface area contributed by atoms with Gasteiger partial charge in [0.15, 0.2) is 0 Å². The number of aliphatic hydroxyl groups excluding tert-OH is 1. The van der Waals surface area contributed by atoms with E-state index in [0.717, 1.165) is 23.2 Å². The molecule has 7 nitrogen and oxygen atoms in total. The zero-order valence-corrected chi connectivity index (χ0v) is 20.0. The highest BCUT2D eigenvalue weighted by molar-refractivity contribution is 5.98. The van der Waals surface area contributed by atoms with Crippen LogP contribution >= 0.6 is 0 Å². The molecule has 178 valence electrons. The predicted octanol–water partition coefficient (Wildman–Crippen LogP) is 3.50. The molecule has 3 atom stereocenters. The minimum atomic E-state index is -0.310. The zero-order valence-electron chi connectivity index (χ0n) is 20.0. The van der Waals surface area contributed by atoms with Gasteiger partial charge in [0.05, 0.1) is 12.6 Å². The highest BCUT2D eigenvalue weighted by Gasteiger charge is 2.34. The van der Waals surface area contributed by atoms with Crippen molar-refractivity contribution in [2.24, 2.45) is 5.92 Å². The van der Waals surface area contributed by atoms with E-state index in [1.807, 2.05) is 62.6 Å².